The van der Waals surface area contributed by atoms with Gasteiger partial charge < -0.3 is 5.73 Å². The summed E-state index contributed by atoms with van der Waals surface area (Å²) in [6.07, 6.45) is 6.40. The molecule has 0 bridgehead atoms. The summed E-state index contributed by atoms with van der Waals surface area (Å²) >= 11 is 0. The lowest BCUT2D eigenvalue weighted by Crippen LogP contribution is -2.18. The number of nitrogen functional groups attached to an aromatic ring is 1. The summed E-state index contributed by atoms with van der Waals surface area (Å²) in [6, 6.07) is 9.71. The van der Waals surface area contributed by atoms with Crippen molar-refractivity contribution in [2.45, 2.75) is 88.9 Å². The van der Waals surface area contributed by atoms with Gasteiger partial charge in [0, 0.05) is 17.7 Å². The Morgan fingerprint density at radius 2 is 1.62 bits per heavy atom. The molecule has 1 aliphatic rings. The van der Waals surface area contributed by atoms with Gasteiger partial charge in [0.2, 0.25) is 0 Å². The van der Waals surface area contributed by atoms with Crippen molar-refractivity contribution in [1.82, 2.24) is 0 Å². The number of hydrogen-bond donors (Lipinski definition) is 2. The van der Waals surface area contributed by atoms with E-state index < -0.39 is 10.1 Å². The molecule has 3 N–H and O–H groups in total. The Hall–Kier alpha value is -2.18. The van der Waals surface area contributed by atoms with Crippen LogP contribution in [0.4, 0.5) is 5.69 Å². The fourth-order valence-electron chi connectivity index (χ4n) is 4.93. The van der Waals surface area contributed by atoms with Crippen LogP contribution in [0.5, 0.6) is 0 Å². The molecule has 0 spiro atoms. The number of carbonyl (C=O) groups excluding carboxylic acids is 1. The second-order valence-electron chi connectivity index (χ2n) is 9.63. The maximum atomic E-state index is 13.4. The summed E-state index contributed by atoms with van der Waals surface area (Å²) in [5, 5.41) is 0. The number of carbonyl (C=O) groups is 1. The molecule has 2 aromatic carbocycles. The van der Waals surface area contributed by atoms with Gasteiger partial charge in [-0.2, -0.15) is 8.42 Å². The highest BCUT2D eigenvalue weighted by Crippen LogP contribution is 2.38. The molecular formula is C26H35NO4S. The Kier molecular flexibility index (Phi) is 7.46. The average molecular weight is 458 g/mol. The van der Waals surface area contributed by atoms with E-state index in [1.54, 1.807) is 0 Å². The molecule has 5 nitrogen and oxygen atoms in total. The van der Waals surface area contributed by atoms with Gasteiger partial charge in [0.25, 0.3) is 10.1 Å². The summed E-state index contributed by atoms with van der Waals surface area (Å²) in [5.74, 6) is -0.127. The maximum absolute atomic E-state index is 13.4. The zero-order chi connectivity index (χ0) is 23.6. The predicted octanol–water partition coefficient (Wildman–Crippen LogP) is 6.24. The molecule has 0 aromatic heterocycles. The molecule has 0 unspecified atom stereocenters. The number of anilines is 1. The zero-order valence-electron chi connectivity index (χ0n) is 19.5. The van der Waals surface area contributed by atoms with Crippen molar-refractivity contribution >= 4 is 21.6 Å². The van der Waals surface area contributed by atoms with Gasteiger partial charge in [-0.05, 0) is 58.9 Å². The van der Waals surface area contributed by atoms with Crippen molar-refractivity contribution in [2.75, 3.05) is 5.73 Å². The second kappa shape index (κ2) is 9.75. The molecular weight excluding hydrogens is 422 g/mol. The fourth-order valence-corrected chi connectivity index (χ4v) is 6.13. The van der Waals surface area contributed by atoms with Crippen LogP contribution in [0, 0.1) is 0 Å². The standard InChI is InChI=1S/C26H35NO4S/c1-16(2)21-15-22(27)25(24(17(3)4)26(21)32(29,30)31)23(28)14-18-10-12-20(13-11-18)19-8-6-5-7-9-19/h10-13,15-17,19H,5-9,14,27H2,1-4H3,(H,29,30,31). The largest absolute Gasteiger partial charge is 0.398 e. The quantitative estimate of drug-likeness (QED) is 0.291. The molecule has 1 saturated carbocycles. The molecule has 0 radical (unpaired) electrons. The smallest absolute Gasteiger partial charge is 0.295 e. The Labute approximate surface area is 192 Å². The van der Waals surface area contributed by atoms with E-state index in [1.807, 2.05) is 39.8 Å². The van der Waals surface area contributed by atoms with E-state index in [9.17, 15) is 17.8 Å². The van der Waals surface area contributed by atoms with Crippen molar-refractivity contribution in [3.05, 3.63) is 58.1 Å². The summed E-state index contributed by atoms with van der Waals surface area (Å²) < 4.78 is 34.6. The van der Waals surface area contributed by atoms with Gasteiger partial charge in [0.15, 0.2) is 5.78 Å². The number of hydrogen-bond acceptors (Lipinski definition) is 4. The van der Waals surface area contributed by atoms with Crippen LogP contribution in [0.2, 0.25) is 0 Å². The van der Waals surface area contributed by atoms with Crippen LogP contribution >= 0.6 is 0 Å². The summed E-state index contributed by atoms with van der Waals surface area (Å²) in [5.41, 5.74) is 9.67. The predicted molar refractivity (Wildman–Crippen MR) is 129 cm³/mol. The minimum absolute atomic E-state index is 0.126. The molecule has 1 fully saturated rings. The zero-order valence-corrected chi connectivity index (χ0v) is 20.3. The molecule has 0 heterocycles. The Balaban J connectivity index is 1.99. The minimum Gasteiger partial charge on any atom is -0.398 e. The van der Waals surface area contributed by atoms with Crippen LogP contribution in [-0.2, 0) is 16.5 Å². The first-order valence-corrected chi connectivity index (χ1v) is 13.0. The highest BCUT2D eigenvalue weighted by molar-refractivity contribution is 7.86. The van der Waals surface area contributed by atoms with Crippen LogP contribution in [0.25, 0.3) is 0 Å². The monoisotopic (exact) mass is 457 g/mol. The van der Waals surface area contributed by atoms with E-state index in [0.717, 1.165) is 5.56 Å². The normalized spacial score (nSPS) is 15.5. The summed E-state index contributed by atoms with van der Waals surface area (Å²) in [7, 11) is -4.53. The molecule has 0 amide bonds. The van der Waals surface area contributed by atoms with Gasteiger partial charge in [-0.1, -0.05) is 71.2 Å². The van der Waals surface area contributed by atoms with Crippen LogP contribution < -0.4 is 5.73 Å². The average Bonchev–Trinajstić information content (AvgIpc) is 2.73. The molecule has 0 saturated heterocycles. The topological polar surface area (TPSA) is 97.5 Å². The van der Waals surface area contributed by atoms with Crippen molar-refractivity contribution in [3.63, 3.8) is 0 Å². The maximum Gasteiger partial charge on any atom is 0.295 e. The number of nitrogens with two attached hydrogens (primary N) is 1. The first-order chi connectivity index (χ1) is 15.0. The SMILES string of the molecule is CC(C)c1cc(N)c(C(=O)Cc2ccc(C3CCCCC3)cc2)c(C(C)C)c1S(=O)(=O)O. The van der Waals surface area contributed by atoms with E-state index in [4.69, 9.17) is 5.73 Å². The van der Waals surface area contributed by atoms with Crippen molar-refractivity contribution < 1.29 is 17.8 Å². The number of rotatable bonds is 7. The number of ketones is 1. The van der Waals surface area contributed by atoms with Crippen LogP contribution in [0.1, 0.15) is 110 Å². The van der Waals surface area contributed by atoms with Gasteiger partial charge in [-0.3, -0.25) is 9.35 Å². The molecule has 6 heteroatoms. The number of benzene rings is 2. The molecule has 0 atom stereocenters. The minimum atomic E-state index is -4.53. The Morgan fingerprint density at radius 1 is 1.03 bits per heavy atom. The lowest BCUT2D eigenvalue weighted by atomic mass is 9.83. The highest BCUT2D eigenvalue weighted by atomic mass is 32.2. The number of Topliss-reactive ketones (excluding diaryl/α,β-unsaturated/α-hetero) is 1. The third-order valence-electron chi connectivity index (χ3n) is 6.53. The van der Waals surface area contributed by atoms with E-state index in [1.165, 1.54) is 43.7 Å². The van der Waals surface area contributed by atoms with Gasteiger partial charge in [-0.15, -0.1) is 0 Å². The lowest BCUT2D eigenvalue weighted by Gasteiger charge is -2.23. The first kappa shape index (κ1) is 24.5. The molecule has 1 aliphatic carbocycles. The van der Waals surface area contributed by atoms with Crippen molar-refractivity contribution in [3.8, 4) is 0 Å². The lowest BCUT2D eigenvalue weighted by molar-refractivity contribution is 0.0992. The highest BCUT2D eigenvalue weighted by Gasteiger charge is 2.30. The Bertz CT molecular complexity index is 1080. The van der Waals surface area contributed by atoms with Gasteiger partial charge in [0.1, 0.15) is 4.90 Å². The first-order valence-electron chi connectivity index (χ1n) is 11.6. The van der Waals surface area contributed by atoms with Crippen LogP contribution in [0.3, 0.4) is 0 Å². The van der Waals surface area contributed by atoms with Crippen molar-refractivity contribution in [1.29, 1.82) is 0 Å². The summed E-state index contributed by atoms with van der Waals surface area (Å²) in [4.78, 5) is 13.2. The Morgan fingerprint density at radius 3 is 2.12 bits per heavy atom. The van der Waals surface area contributed by atoms with E-state index in [0.29, 0.717) is 17.0 Å². The molecule has 0 aliphatic heterocycles. The van der Waals surface area contributed by atoms with Crippen LogP contribution in [0.15, 0.2) is 35.2 Å². The molecule has 3 rings (SSSR count). The van der Waals surface area contributed by atoms with Gasteiger partial charge in [-0.25, -0.2) is 0 Å². The second-order valence-corrected chi connectivity index (χ2v) is 11.0. The summed E-state index contributed by atoms with van der Waals surface area (Å²) in [6.45, 7) is 7.29. The van der Waals surface area contributed by atoms with Gasteiger partial charge >= 0.3 is 0 Å². The van der Waals surface area contributed by atoms with E-state index >= 15 is 0 Å². The fraction of sp³-hybridized carbons (Fsp3) is 0.500. The van der Waals surface area contributed by atoms with Gasteiger partial charge in [0.05, 0.1) is 0 Å². The van der Waals surface area contributed by atoms with E-state index in [2.05, 4.69) is 12.1 Å². The van der Waals surface area contributed by atoms with Crippen LogP contribution in [-0.4, -0.2) is 18.8 Å². The molecule has 2 aromatic rings. The molecule has 32 heavy (non-hydrogen) atoms. The third-order valence-corrected chi connectivity index (χ3v) is 7.50. The van der Waals surface area contributed by atoms with E-state index in [-0.39, 0.29) is 40.2 Å². The molecule has 174 valence electrons. The third kappa shape index (κ3) is 5.24. The van der Waals surface area contributed by atoms with Crippen molar-refractivity contribution in [2.24, 2.45) is 0 Å².